The van der Waals surface area contributed by atoms with Gasteiger partial charge in [0.25, 0.3) is 0 Å². The Labute approximate surface area is 173 Å². The summed E-state index contributed by atoms with van der Waals surface area (Å²) in [5.74, 6) is 0.0519. The average Bonchev–Trinajstić information content (AvgIpc) is 3.30. The smallest absolute Gasteiger partial charge is 0.320 e. The van der Waals surface area contributed by atoms with Crippen LogP contribution in [0.2, 0.25) is 0 Å². The summed E-state index contributed by atoms with van der Waals surface area (Å²) in [5.41, 5.74) is 1.09. The Morgan fingerprint density at radius 3 is 2.31 bits per heavy atom. The SMILES string of the molecule is CCOC(=O)CN1[C@@H]2CC[C@H]1CC(OC(=O)C(c1ccccc1)C1CCCC1)C2. The molecule has 3 aliphatic rings. The predicted molar refractivity (Wildman–Crippen MR) is 110 cm³/mol. The molecule has 2 aliphatic heterocycles. The lowest BCUT2D eigenvalue weighted by molar-refractivity contribution is -0.158. The third-order valence-electron chi connectivity index (χ3n) is 7.02. The number of carbonyl (C=O) groups is 2. The van der Waals surface area contributed by atoms with E-state index in [1.807, 2.05) is 25.1 Å². The Morgan fingerprint density at radius 2 is 1.69 bits per heavy atom. The van der Waals surface area contributed by atoms with Crippen molar-refractivity contribution in [3.05, 3.63) is 35.9 Å². The highest BCUT2D eigenvalue weighted by atomic mass is 16.5. The summed E-state index contributed by atoms with van der Waals surface area (Å²) in [7, 11) is 0. The number of esters is 2. The molecule has 4 atom stereocenters. The van der Waals surface area contributed by atoms with Crippen molar-refractivity contribution in [2.24, 2.45) is 5.92 Å². The first-order chi connectivity index (χ1) is 14.2. The van der Waals surface area contributed by atoms with Crippen LogP contribution in [0.1, 0.15) is 69.8 Å². The molecule has 5 heteroatoms. The number of nitrogens with zero attached hydrogens (tertiary/aromatic N) is 1. The zero-order valence-corrected chi connectivity index (χ0v) is 17.4. The number of carbonyl (C=O) groups excluding carboxylic acids is 2. The molecule has 1 aromatic carbocycles. The van der Waals surface area contributed by atoms with Gasteiger partial charge in [-0.25, -0.2) is 0 Å². The van der Waals surface area contributed by atoms with Gasteiger partial charge in [-0.05, 0) is 44.1 Å². The minimum atomic E-state index is -0.148. The summed E-state index contributed by atoms with van der Waals surface area (Å²) in [5, 5.41) is 0. The number of hydrogen-bond donors (Lipinski definition) is 0. The van der Waals surface area contributed by atoms with E-state index in [0.29, 0.717) is 31.2 Å². The lowest BCUT2D eigenvalue weighted by Crippen LogP contribution is -2.48. The Balaban J connectivity index is 1.40. The van der Waals surface area contributed by atoms with Gasteiger partial charge >= 0.3 is 11.9 Å². The van der Waals surface area contributed by atoms with Crippen LogP contribution in [-0.4, -0.2) is 48.2 Å². The Kier molecular flexibility index (Phi) is 6.53. The van der Waals surface area contributed by atoms with E-state index in [4.69, 9.17) is 9.47 Å². The van der Waals surface area contributed by atoms with E-state index < -0.39 is 0 Å². The second kappa shape index (κ2) is 9.29. The quantitative estimate of drug-likeness (QED) is 0.647. The summed E-state index contributed by atoms with van der Waals surface area (Å²) in [6, 6.07) is 10.8. The third kappa shape index (κ3) is 4.66. The van der Waals surface area contributed by atoms with Crippen LogP contribution >= 0.6 is 0 Å². The molecule has 2 unspecified atom stereocenters. The van der Waals surface area contributed by atoms with Crippen LogP contribution in [0, 0.1) is 5.92 Å². The zero-order chi connectivity index (χ0) is 20.2. The Hall–Kier alpha value is -1.88. The van der Waals surface area contributed by atoms with Gasteiger partial charge in [-0.3, -0.25) is 14.5 Å². The molecule has 0 amide bonds. The van der Waals surface area contributed by atoms with Crippen molar-refractivity contribution in [1.82, 2.24) is 4.90 Å². The van der Waals surface area contributed by atoms with E-state index in [9.17, 15) is 9.59 Å². The highest BCUT2D eigenvalue weighted by molar-refractivity contribution is 5.79. The monoisotopic (exact) mass is 399 g/mol. The van der Waals surface area contributed by atoms with Crippen molar-refractivity contribution in [2.45, 2.75) is 82.4 Å². The Morgan fingerprint density at radius 1 is 1.03 bits per heavy atom. The van der Waals surface area contributed by atoms with Crippen LogP contribution in [-0.2, 0) is 19.1 Å². The number of rotatable bonds is 7. The maximum atomic E-state index is 13.3. The predicted octanol–water partition coefficient (Wildman–Crippen LogP) is 4.06. The molecule has 3 fully saturated rings. The van der Waals surface area contributed by atoms with Gasteiger partial charge in [0.05, 0.1) is 19.1 Å². The van der Waals surface area contributed by atoms with Gasteiger partial charge in [-0.15, -0.1) is 0 Å². The number of fused-ring (bicyclic) bond motifs is 2. The van der Waals surface area contributed by atoms with Crippen LogP contribution in [0.5, 0.6) is 0 Å². The first-order valence-corrected chi connectivity index (χ1v) is 11.3. The molecule has 0 spiro atoms. The molecule has 29 heavy (non-hydrogen) atoms. The van der Waals surface area contributed by atoms with Crippen LogP contribution < -0.4 is 0 Å². The normalized spacial score (nSPS) is 28.2. The largest absolute Gasteiger partial charge is 0.465 e. The summed E-state index contributed by atoms with van der Waals surface area (Å²) < 4.78 is 11.3. The zero-order valence-electron chi connectivity index (χ0n) is 17.4. The van der Waals surface area contributed by atoms with Crippen molar-refractivity contribution in [3.63, 3.8) is 0 Å². The third-order valence-corrected chi connectivity index (χ3v) is 7.02. The number of piperidine rings is 1. The van der Waals surface area contributed by atoms with E-state index in [-0.39, 0.29) is 24.0 Å². The molecule has 5 nitrogen and oxygen atoms in total. The van der Waals surface area contributed by atoms with Crippen molar-refractivity contribution >= 4 is 11.9 Å². The van der Waals surface area contributed by atoms with Crippen molar-refractivity contribution in [2.75, 3.05) is 13.2 Å². The molecule has 1 saturated carbocycles. The second-order valence-corrected chi connectivity index (χ2v) is 8.83. The van der Waals surface area contributed by atoms with Gasteiger partial charge in [-0.1, -0.05) is 43.2 Å². The van der Waals surface area contributed by atoms with E-state index in [1.54, 1.807) is 0 Å². The first-order valence-electron chi connectivity index (χ1n) is 11.3. The summed E-state index contributed by atoms with van der Waals surface area (Å²) >= 11 is 0. The molecule has 1 aromatic rings. The van der Waals surface area contributed by atoms with E-state index in [0.717, 1.165) is 44.1 Å². The lowest BCUT2D eigenvalue weighted by atomic mass is 9.85. The van der Waals surface area contributed by atoms with Gasteiger partial charge in [0.1, 0.15) is 6.10 Å². The van der Waals surface area contributed by atoms with Gasteiger partial charge < -0.3 is 9.47 Å². The van der Waals surface area contributed by atoms with Gasteiger partial charge in [0.2, 0.25) is 0 Å². The van der Waals surface area contributed by atoms with Crippen LogP contribution in [0.3, 0.4) is 0 Å². The fourth-order valence-electron chi connectivity index (χ4n) is 5.72. The summed E-state index contributed by atoms with van der Waals surface area (Å²) in [6.07, 6.45) is 8.39. The average molecular weight is 400 g/mol. The maximum absolute atomic E-state index is 13.3. The van der Waals surface area contributed by atoms with Crippen molar-refractivity contribution < 1.29 is 19.1 Å². The van der Waals surface area contributed by atoms with Crippen molar-refractivity contribution in [3.8, 4) is 0 Å². The minimum absolute atomic E-state index is 0.0361. The van der Waals surface area contributed by atoms with E-state index in [2.05, 4.69) is 17.0 Å². The Bertz CT molecular complexity index is 686. The molecular formula is C24H33NO4. The molecule has 4 rings (SSSR count). The van der Waals surface area contributed by atoms with Crippen LogP contribution in [0.25, 0.3) is 0 Å². The molecule has 2 saturated heterocycles. The minimum Gasteiger partial charge on any atom is -0.465 e. The highest BCUT2D eigenvalue weighted by Crippen LogP contribution is 2.41. The molecule has 158 valence electrons. The molecular weight excluding hydrogens is 366 g/mol. The van der Waals surface area contributed by atoms with E-state index in [1.165, 1.54) is 12.8 Å². The number of ether oxygens (including phenoxy) is 2. The van der Waals surface area contributed by atoms with Crippen LogP contribution in [0.15, 0.2) is 30.3 Å². The molecule has 0 radical (unpaired) electrons. The van der Waals surface area contributed by atoms with Gasteiger partial charge in [-0.2, -0.15) is 0 Å². The fourth-order valence-corrected chi connectivity index (χ4v) is 5.72. The molecule has 0 aromatic heterocycles. The molecule has 2 heterocycles. The second-order valence-electron chi connectivity index (χ2n) is 8.83. The summed E-state index contributed by atoms with van der Waals surface area (Å²) in [4.78, 5) is 27.5. The van der Waals surface area contributed by atoms with E-state index >= 15 is 0 Å². The lowest BCUT2D eigenvalue weighted by Gasteiger charge is -2.38. The molecule has 0 N–H and O–H groups in total. The first kappa shape index (κ1) is 20.4. The van der Waals surface area contributed by atoms with Gasteiger partial charge in [0.15, 0.2) is 0 Å². The molecule has 2 bridgehead atoms. The standard InChI is InChI=1S/C24H33NO4/c1-2-28-22(26)16-25-19-12-13-20(25)15-21(14-19)29-24(27)23(18-10-6-7-11-18)17-8-4-3-5-9-17/h3-5,8-9,18-21,23H,2,6-7,10-16H2,1H3/t19-,20+,21?,23?. The topological polar surface area (TPSA) is 55.8 Å². The number of hydrogen-bond acceptors (Lipinski definition) is 5. The maximum Gasteiger partial charge on any atom is 0.320 e. The van der Waals surface area contributed by atoms with Crippen LogP contribution in [0.4, 0.5) is 0 Å². The summed E-state index contributed by atoms with van der Waals surface area (Å²) in [6.45, 7) is 2.62. The highest BCUT2D eigenvalue weighted by Gasteiger charge is 2.44. The van der Waals surface area contributed by atoms with Gasteiger partial charge in [0, 0.05) is 24.9 Å². The fraction of sp³-hybridized carbons (Fsp3) is 0.667. The molecule has 1 aliphatic carbocycles. The number of benzene rings is 1. The van der Waals surface area contributed by atoms with Crippen molar-refractivity contribution in [1.29, 1.82) is 0 Å².